The SMILES string of the molecule is CCC(CC)CC(CBr)(CBr)c1ccccc1Br. The third-order valence-corrected chi connectivity index (χ3v) is 6.63. The molecule has 0 aliphatic carbocycles. The molecule has 0 spiro atoms. The van der Waals surface area contributed by atoms with Crippen molar-refractivity contribution >= 4 is 47.8 Å². The second-order valence-electron chi connectivity index (χ2n) is 4.91. The lowest BCUT2D eigenvalue weighted by atomic mass is 9.75. The van der Waals surface area contributed by atoms with Crippen LogP contribution in [0, 0.1) is 5.92 Å². The zero-order valence-electron chi connectivity index (χ0n) is 11.1. The van der Waals surface area contributed by atoms with Gasteiger partial charge < -0.3 is 0 Å². The predicted octanol–water partition coefficient (Wildman–Crippen LogP) is 6.30. The zero-order chi connectivity index (χ0) is 13.6. The van der Waals surface area contributed by atoms with Crippen LogP contribution in [0.1, 0.15) is 38.7 Å². The lowest BCUT2D eigenvalue weighted by Gasteiger charge is -2.35. The molecule has 0 bridgehead atoms. The summed E-state index contributed by atoms with van der Waals surface area (Å²) in [4.78, 5) is 0. The molecule has 1 aromatic carbocycles. The van der Waals surface area contributed by atoms with Crippen molar-refractivity contribution in [3.63, 3.8) is 0 Å². The third-order valence-electron chi connectivity index (χ3n) is 3.79. The van der Waals surface area contributed by atoms with Crippen molar-refractivity contribution in [2.75, 3.05) is 10.7 Å². The van der Waals surface area contributed by atoms with Crippen LogP contribution in [0.25, 0.3) is 0 Å². The van der Waals surface area contributed by atoms with Gasteiger partial charge in [-0.05, 0) is 24.0 Å². The molecule has 0 nitrogen and oxygen atoms in total. The highest BCUT2D eigenvalue weighted by atomic mass is 79.9. The van der Waals surface area contributed by atoms with Gasteiger partial charge in [0.25, 0.3) is 0 Å². The Morgan fingerprint density at radius 2 is 1.61 bits per heavy atom. The van der Waals surface area contributed by atoms with Crippen LogP contribution in [0.5, 0.6) is 0 Å². The predicted molar refractivity (Wildman–Crippen MR) is 92.1 cm³/mol. The lowest BCUT2D eigenvalue weighted by Crippen LogP contribution is -2.33. The molecule has 0 aliphatic rings. The normalized spacial score (nSPS) is 12.1. The number of hydrogen-bond acceptors (Lipinski definition) is 0. The molecular weight excluding hydrogens is 420 g/mol. The maximum Gasteiger partial charge on any atom is 0.0213 e. The maximum absolute atomic E-state index is 3.74. The first-order chi connectivity index (χ1) is 8.63. The van der Waals surface area contributed by atoms with E-state index in [4.69, 9.17) is 0 Å². The molecule has 0 radical (unpaired) electrons. The molecule has 0 aromatic heterocycles. The van der Waals surface area contributed by atoms with Gasteiger partial charge in [-0.2, -0.15) is 0 Å². The minimum Gasteiger partial charge on any atom is -0.0918 e. The fourth-order valence-electron chi connectivity index (χ4n) is 2.42. The number of rotatable bonds is 7. The number of benzene rings is 1. The van der Waals surface area contributed by atoms with Crippen LogP contribution in [0.3, 0.4) is 0 Å². The molecule has 0 atom stereocenters. The van der Waals surface area contributed by atoms with Gasteiger partial charge in [-0.15, -0.1) is 0 Å². The number of hydrogen-bond donors (Lipinski definition) is 0. The topological polar surface area (TPSA) is 0 Å². The van der Waals surface area contributed by atoms with Crippen molar-refractivity contribution in [3.8, 4) is 0 Å². The van der Waals surface area contributed by atoms with Crippen molar-refractivity contribution in [2.24, 2.45) is 5.92 Å². The smallest absolute Gasteiger partial charge is 0.0213 e. The van der Waals surface area contributed by atoms with Crippen LogP contribution >= 0.6 is 47.8 Å². The average molecular weight is 441 g/mol. The monoisotopic (exact) mass is 438 g/mol. The van der Waals surface area contributed by atoms with E-state index in [0.29, 0.717) is 0 Å². The van der Waals surface area contributed by atoms with Crippen molar-refractivity contribution < 1.29 is 0 Å². The number of halogens is 3. The molecule has 0 saturated heterocycles. The van der Waals surface area contributed by atoms with Crippen LogP contribution in [0.2, 0.25) is 0 Å². The van der Waals surface area contributed by atoms with E-state index >= 15 is 0 Å². The van der Waals surface area contributed by atoms with Gasteiger partial charge in [0.1, 0.15) is 0 Å². The third kappa shape index (κ3) is 3.83. The fraction of sp³-hybridized carbons (Fsp3) is 0.600. The molecule has 0 unspecified atom stereocenters. The van der Waals surface area contributed by atoms with Gasteiger partial charge in [0.05, 0.1) is 0 Å². The van der Waals surface area contributed by atoms with E-state index in [-0.39, 0.29) is 5.41 Å². The zero-order valence-corrected chi connectivity index (χ0v) is 15.8. The Morgan fingerprint density at radius 3 is 2.06 bits per heavy atom. The van der Waals surface area contributed by atoms with Gasteiger partial charge in [-0.1, -0.05) is 92.7 Å². The molecule has 1 aromatic rings. The van der Waals surface area contributed by atoms with E-state index < -0.39 is 0 Å². The molecule has 102 valence electrons. The Hall–Kier alpha value is 0.660. The molecule has 0 amide bonds. The largest absolute Gasteiger partial charge is 0.0918 e. The van der Waals surface area contributed by atoms with Crippen LogP contribution < -0.4 is 0 Å². The van der Waals surface area contributed by atoms with Gasteiger partial charge in [0, 0.05) is 20.5 Å². The summed E-state index contributed by atoms with van der Waals surface area (Å²) in [6.07, 6.45) is 3.73. The molecule has 18 heavy (non-hydrogen) atoms. The molecular formula is C15H21Br3. The van der Waals surface area contributed by atoms with Crippen LogP contribution in [-0.4, -0.2) is 10.7 Å². The van der Waals surface area contributed by atoms with E-state index in [2.05, 4.69) is 85.9 Å². The molecule has 0 aliphatic heterocycles. The molecule has 0 saturated carbocycles. The fourth-order valence-corrected chi connectivity index (χ4v) is 5.12. The van der Waals surface area contributed by atoms with Gasteiger partial charge >= 0.3 is 0 Å². The van der Waals surface area contributed by atoms with Crippen LogP contribution in [0.4, 0.5) is 0 Å². The van der Waals surface area contributed by atoms with Crippen molar-refractivity contribution in [1.29, 1.82) is 0 Å². The summed E-state index contributed by atoms with van der Waals surface area (Å²) in [5, 5.41) is 1.98. The summed E-state index contributed by atoms with van der Waals surface area (Å²) >= 11 is 11.2. The summed E-state index contributed by atoms with van der Waals surface area (Å²) in [6.45, 7) is 4.59. The highest BCUT2D eigenvalue weighted by molar-refractivity contribution is 9.10. The highest BCUT2D eigenvalue weighted by Gasteiger charge is 2.33. The Bertz CT molecular complexity index is 355. The molecule has 0 fully saturated rings. The Labute approximate surface area is 136 Å². The summed E-state index contributed by atoms with van der Waals surface area (Å²) in [6, 6.07) is 8.60. The summed E-state index contributed by atoms with van der Waals surface area (Å²) in [7, 11) is 0. The van der Waals surface area contributed by atoms with Crippen LogP contribution in [-0.2, 0) is 5.41 Å². The average Bonchev–Trinajstić information content (AvgIpc) is 2.42. The standard InChI is InChI=1S/C15H21Br3/c1-3-12(4-2)9-15(10-16,11-17)13-7-5-6-8-14(13)18/h5-8,12H,3-4,9-11H2,1-2H3. The van der Waals surface area contributed by atoms with E-state index in [1.54, 1.807) is 0 Å². The quantitative estimate of drug-likeness (QED) is 0.436. The summed E-state index contributed by atoms with van der Waals surface area (Å²) in [5.74, 6) is 0.784. The maximum atomic E-state index is 3.74. The first kappa shape index (κ1) is 16.7. The Kier molecular flexibility index (Phi) is 7.48. The van der Waals surface area contributed by atoms with E-state index in [1.165, 1.54) is 29.3 Å². The van der Waals surface area contributed by atoms with Gasteiger partial charge in [0.15, 0.2) is 0 Å². The highest BCUT2D eigenvalue weighted by Crippen LogP contribution is 2.40. The van der Waals surface area contributed by atoms with E-state index in [0.717, 1.165) is 16.6 Å². The minimum absolute atomic E-state index is 0.177. The molecule has 0 N–H and O–H groups in total. The second kappa shape index (κ2) is 8.06. The van der Waals surface area contributed by atoms with E-state index in [9.17, 15) is 0 Å². The van der Waals surface area contributed by atoms with Crippen molar-refractivity contribution in [3.05, 3.63) is 34.3 Å². The summed E-state index contributed by atoms with van der Waals surface area (Å²) in [5.41, 5.74) is 1.59. The van der Waals surface area contributed by atoms with E-state index in [1.807, 2.05) is 0 Å². The van der Waals surface area contributed by atoms with Crippen LogP contribution in [0.15, 0.2) is 28.7 Å². The molecule has 1 rings (SSSR count). The second-order valence-corrected chi connectivity index (χ2v) is 6.89. The van der Waals surface area contributed by atoms with Gasteiger partial charge in [0.2, 0.25) is 0 Å². The van der Waals surface area contributed by atoms with Crippen molar-refractivity contribution in [2.45, 2.75) is 38.5 Å². The Morgan fingerprint density at radius 1 is 1.06 bits per heavy atom. The Balaban J connectivity index is 3.10. The van der Waals surface area contributed by atoms with Gasteiger partial charge in [-0.3, -0.25) is 0 Å². The molecule has 0 heterocycles. The molecule has 3 heteroatoms. The number of alkyl halides is 2. The van der Waals surface area contributed by atoms with Gasteiger partial charge in [-0.25, -0.2) is 0 Å². The first-order valence-electron chi connectivity index (χ1n) is 6.50. The van der Waals surface area contributed by atoms with Crippen molar-refractivity contribution in [1.82, 2.24) is 0 Å². The summed E-state index contributed by atoms with van der Waals surface area (Å²) < 4.78 is 1.22. The first-order valence-corrected chi connectivity index (χ1v) is 9.54. The lowest BCUT2D eigenvalue weighted by molar-refractivity contribution is 0.354. The minimum atomic E-state index is 0.177.